The zero-order valence-electron chi connectivity index (χ0n) is 20.6. The Morgan fingerprint density at radius 1 is 1.24 bits per heavy atom. The SMILES string of the molecule is CC/C(Cl)=C(\C=NC)c1ccc(-c2cnc(N(C)C3CC(C)(C)NC(C)(C)C3)nn2)c(O)c1. The molecule has 1 aliphatic rings. The van der Waals surface area contributed by atoms with Crippen molar-refractivity contribution in [3.8, 4) is 17.0 Å². The molecule has 1 aromatic heterocycles. The molecule has 0 bridgehead atoms. The molecular weight excluding hydrogens is 436 g/mol. The monoisotopic (exact) mass is 470 g/mol. The molecule has 178 valence electrons. The second kappa shape index (κ2) is 9.77. The van der Waals surface area contributed by atoms with E-state index in [4.69, 9.17) is 11.6 Å². The van der Waals surface area contributed by atoms with Crippen LogP contribution in [0.2, 0.25) is 0 Å². The van der Waals surface area contributed by atoms with Crippen LogP contribution in [0.3, 0.4) is 0 Å². The molecule has 2 heterocycles. The summed E-state index contributed by atoms with van der Waals surface area (Å²) in [5.41, 5.74) is 2.71. The minimum atomic E-state index is 0.0258. The third-order valence-electron chi connectivity index (χ3n) is 6.03. The number of nitrogens with zero attached hydrogens (tertiary/aromatic N) is 5. The van der Waals surface area contributed by atoms with Gasteiger partial charge in [-0.25, -0.2) is 4.98 Å². The van der Waals surface area contributed by atoms with E-state index in [9.17, 15) is 5.11 Å². The van der Waals surface area contributed by atoms with Crippen LogP contribution in [0.25, 0.3) is 16.8 Å². The van der Waals surface area contributed by atoms with Crippen LogP contribution >= 0.6 is 11.6 Å². The molecule has 0 aliphatic carbocycles. The van der Waals surface area contributed by atoms with E-state index in [-0.39, 0.29) is 16.8 Å². The first kappa shape index (κ1) is 25.1. The number of anilines is 1. The third-order valence-corrected chi connectivity index (χ3v) is 6.50. The lowest BCUT2D eigenvalue weighted by molar-refractivity contribution is 0.160. The van der Waals surface area contributed by atoms with Gasteiger partial charge in [0.15, 0.2) is 0 Å². The fourth-order valence-electron chi connectivity index (χ4n) is 4.80. The average Bonchev–Trinajstić information content (AvgIpc) is 2.74. The first-order valence-corrected chi connectivity index (χ1v) is 11.7. The van der Waals surface area contributed by atoms with E-state index in [0.29, 0.717) is 34.7 Å². The molecule has 0 radical (unpaired) electrons. The topological polar surface area (TPSA) is 86.5 Å². The predicted molar refractivity (Wildman–Crippen MR) is 137 cm³/mol. The molecule has 0 unspecified atom stereocenters. The smallest absolute Gasteiger partial charge is 0.245 e. The van der Waals surface area contributed by atoms with Crippen LogP contribution in [0.5, 0.6) is 5.75 Å². The molecule has 0 saturated carbocycles. The maximum absolute atomic E-state index is 10.7. The van der Waals surface area contributed by atoms with E-state index < -0.39 is 0 Å². The van der Waals surface area contributed by atoms with Crippen LogP contribution in [0, 0.1) is 0 Å². The maximum Gasteiger partial charge on any atom is 0.245 e. The van der Waals surface area contributed by atoms with Crippen LogP contribution in [-0.4, -0.2) is 57.7 Å². The summed E-state index contributed by atoms with van der Waals surface area (Å²) in [6, 6.07) is 5.67. The number of aromatic hydroxyl groups is 1. The predicted octanol–water partition coefficient (Wildman–Crippen LogP) is 5.05. The summed E-state index contributed by atoms with van der Waals surface area (Å²) in [5, 5.41) is 23.8. The summed E-state index contributed by atoms with van der Waals surface area (Å²) in [4.78, 5) is 10.8. The van der Waals surface area contributed by atoms with Crippen molar-refractivity contribution in [1.29, 1.82) is 0 Å². The molecule has 0 spiro atoms. The van der Waals surface area contributed by atoms with Gasteiger partial charge in [0.25, 0.3) is 0 Å². The average molecular weight is 471 g/mol. The highest BCUT2D eigenvalue weighted by molar-refractivity contribution is 6.37. The number of rotatable bonds is 6. The molecule has 2 N–H and O–H groups in total. The van der Waals surface area contributed by atoms with Gasteiger partial charge in [-0.2, -0.15) is 0 Å². The first-order valence-electron chi connectivity index (χ1n) is 11.3. The molecular formula is C25H35ClN6O. The molecule has 0 atom stereocenters. The number of piperidine rings is 1. The van der Waals surface area contributed by atoms with E-state index in [2.05, 4.69) is 58.1 Å². The number of aromatic nitrogens is 3. The van der Waals surface area contributed by atoms with Crippen molar-refractivity contribution in [2.75, 3.05) is 19.0 Å². The Morgan fingerprint density at radius 3 is 2.42 bits per heavy atom. The minimum absolute atomic E-state index is 0.0258. The van der Waals surface area contributed by atoms with Gasteiger partial charge in [0.1, 0.15) is 11.4 Å². The molecule has 1 saturated heterocycles. The Hall–Kier alpha value is -2.51. The van der Waals surface area contributed by atoms with E-state index >= 15 is 0 Å². The Balaban J connectivity index is 1.84. The summed E-state index contributed by atoms with van der Waals surface area (Å²) in [7, 11) is 3.71. The highest BCUT2D eigenvalue weighted by atomic mass is 35.5. The number of nitrogens with one attached hydrogen (secondary N) is 1. The number of hydrogen-bond donors (Lipinski definition) is 2. The zero-order valence-corrected chi connectivity index (χ0v) is 21.4. The van der Waals surface area contributed by atoms with Gasteiger partial charge < -0.3 is 15.3 Å². The van der Waals surface area contributed by atoms with Crippen molar-refractivity contribution in [2.45, 2.75) is 71.0 Å². The minimum Gasteiger partial charge on any atom is -0.507 e. The number of halogens is 1. The fourth-order valence-corrected chi connectivity index (χ4v) is 4.95. The van der Waals surface area contributed by atoms with Crippen molar-refractivity contribution < 1.29 is 5.11 Å². The van der Waals surface area contributed by atoms with E-state index in [1.165, 1.54) is 0 Å². The van der Waals surface area contributed by atoms with E-state index in [1.807, 2.05) is 20.0 Å². The van der Waals surface area contributed by atoms with Crippen LogP contribution in [-0.2, 0) is 0 Å². The zero-order chi connectivity index (χ0) is 24.4. The second-order valence-electron chi connectivity index (χ2n) is 10.0. The van der Waals surface area contributed by atoms with Gasteiger partial charge in [-0.3, -0.25) is 4.99 Å². The standard InChI is InChI=1S/C25H35ClN6O/c1-8-20(26)19(14-27-6)16-9-10-18(22(33)11-16)21-15-28-23(30-29-21)32(7)17-12-24(2,3)31-25(4,5)13-17/h9-11,14-15,17,31,33H,8,12-13H2,1-7H3/b20-19-,27-14?. The summed E-state index contributed by atoms with van der Waals surface area (Å²) in [6.45, 7) is 10.9. The Bertz CT molecular complexity index is 1030. The van der Waals surface area contributed by atoms with Crippen molar-refractivity contribution >= 4 is 29.3 Å². The van der Waals surface area contributed by atoms with Crippen molar-refractivity contribution in [3.63, 3.8) is 0 Å². The molecule has 2 aromatic rings. The van der Waals surface area contributed by atoms with E-state index in [0.717, 1.165) is 24.0 Å². The number of benzene rings is 1. The van der Waals surface area contributed by atoms with Crippen molar-refractivity contribution in [1.82, 2.24) is 20.5 Å². The van der Waals surface area contributed by atoms with Gasteiger partial charge in [0.05, 0.1) is 6.20 Å². The lowest BCUT2D eigenvalue weighted by atomic mass is 9.79. The number of allylic oxidation sites excluding steroid dienone is 2. The number of phenolic OH excluding ortho intramolecular Hbond substituents is 1. The Morgan fingerprint density at radius 2 is 1.91 bits per heavy atom. The van der Waals surface area contributed by atoms with Gasteiger partial charge in [-0.05, 0) is 64.7 Å². The quantitative estimate of drug-likeness (QED) is 0.574. The van der Waals surface area contributed by atoms with E-state index in [1.54, 1.807) is 31.6 Å². The number of hydrogen-bond acceptors (Lipinski definition) is 7. The van der Waals surface area contributed by atoms with Gasteiger partial charge >= 0.3 is 0 Å². The largest absolute Gasteiger partial charge is 0.507 e. The van der Waals surface area contributed by atoms with Crippen LogP contribution in [0.1, 0.15) is 59.4 Å². The second-order valence-corrected chi connectivity index (χ2v) is 10.5. The molecule has 3 rings (SSSR count). The number of aliphatic imine (C=N–C) groups is 1. The summed E-state index contributed by atoms with van der Waals surface area (Å²) < 4.78 is 0. The Kier molecular flexibility index (Phi) is 7.44. The Labute approximate surface area is 202 Å². The van der Waals surface area contributed by atoms with Gasteiger partial charge in [-0.1, -0.05) is 24.6 Å². The molecule has 8 heteroatoms. The third kappa shape index (κ3) is 5.89. The summed E-state index contributed by atoms with van der Waals surface area (Å²) >= 11 is 6.37. The molecule has 0 amide bonds. The van der Waals surface area contributed by atoms with Crippen LogP contribution < -0.4 is 10.2 Å². The van der Waals surface area contributed by atoms with Gasteiger partial charge in [-0.15, -0.1) is 10.2 Å². The highest BCUT2D eigenvalue weighted by Gasteiger charge is 2.39. The van der Waals surface area contributed by atoms with Crippen LogP contribution in [0.4, 0.5) is 5.95 Å². The normalized spacial score (nSPS) is 18.9. The molecule has 1 aliphatic heterocycles. The molecule has 7 nitrogen and oxygen atoms in total. The molecule has 1 fully saturated rings. The number of phenols is 1. The summed E-state index contributed by atoms with van der Waals surface area (Å²) in [5.74, 6) is 0.668. The summed E-state index contributed by atoms with van der Waals surface area (Å²) in [6.07, 6.45) is 6.01. The van der Waals surface area contributed by atoms with Crippen molar-refractivity contribution in [3.05, 3.63) is 35.0 Å². The lowest BCUT2D eigenvalue weighted by Crippen LogP contribution is -2.62. The maximum atomic E-state index is 10.7. The highest BCUT2D eigenvalue weighted by Crippen LogP contribution is 2.34. The molecule has 1 aromatic carbocycles. The van der Waals surface area contributed by atoms with Crippen molar-refractivity contribution in [2.24, 2.45) is 4.99 Å². The molecule has 33 heavy (non-hydrogen) atoms. The van der Waals surface area contributed by atoms with Gasteiger partial charge in [0, 0.05) is 53.6 Å². The fraction of sp³-hybridized carbons (Fsp3) is 0.520. The lowest BCUT2D eigenvalue weighted by Gasteiger charge is -2.48. The van der Waals surface area contributed by atoms with Crippen LogP contribution in [0.15, 0.2) is 34.4 Å². The van der Waals surface area contributed by atoms with Gasteiger partial charge in [0.2, 0.25) is 5.95 Å². The first-order chi connectivity index (χ1) is 15.5.